The molecule has 90 valence electrons. The van der Waals surface area contributed by atoms with Gasteiger partial charge in [-0.05, 0) is 6.92 Å². The number of rotatable bonds is 3. The second-order valence-corrected chi connectivity index (χ2v) is 3.90. The number of aromatic nitrogens is 3. The van der Waals surface area contributed by atoms with Crippen LogP contribution in [0, 0.1) is 6.92 Å². The molecule has 2 aromatic rings. The highest BCUT2D eigenvalue weighted by atomic mass is 35.5. The zero-order valence-corrected chi connectivity index (χ0v) is 9.77. The second-order valence-electron chi connectivity index (χ2n) is 3.52. The topological polar surface area (TPSA) is 88.2 Å². The molecule has 0 aliphatic heterocycles. The van der Waals surface area contributed by atoms with Gasteiger partial charge in [0, 0.05) is 6.20 Å². The van der Waals surface area contributed by atoms with E-state index >= 15 is 0 Å². The van der Waals surface area contributed by atoms with E-state index in [0.717, 1.165) is 0 Å². The van der Waals surface area contributed by atoms with Crippen molar-refractivity contribution >= 4 is 28.6 Å². The largest absolute Gasteiger partial charge is 0.478 e. The van der Waals surface area contributed by atoms with Crippen molar-refractivity contribution in [2.24, 2.45) is 0 Å². The van der Waals surface area contributed by atoms with E-state index < -0.39 is 5.97 Å². The number of carbonyl (C=O) groups is 1. The van der Waals surface area contributed by atoms with Gasteiger partial charge in [0.2, 0.25) is 0 Å². The Kier molecular flexibility index (Phi) is 2.99. The summed E-state index contributed by atoms with van der Waals surface area (Å²) >= 11 is 6.02. The molecule has 2 rings (SSSR count). The number of aromatic carboxylic acids is 1. The van der Waals surface area contributed by atoms with Crippen LogP contribution >= 0.6 is 11.6 Å². The highest BCUT2D eigenvalue weighted by molar-refractivity contribution is 6.38. The first-order valence-electron chi connectivity index (χ1n) is 4.92. The maximum Gasteiger partial charge on any atom is 0.338 e. The first kappa shape index (κ1) is 11.8. The molecule has 0 unspecified atom stereocenters. The van der Waals surface area contributed by atoms with Gasteiger partial charge in [0.15, 0.2) is 5.65 Å². The Labute approximate surface area is 101 Å². The lowest BCUT2D eigenvalue weighted by Crippen LogP contribution is -2.05. The van der Waals surface area contributed by atoms with E-state index in [4.69, 9.17) is 21.8 Å². The summed E-state index contributed by atoms with van der Waals surface area (Å²) in [6.45, 7) is 1.94. The normalized spacial score (nSPS) is 11.0. The molecule has 17 heavy (non-hydrogen) atoms. The first-order valence-corrected chi connectivity index (χ1v) is 5.29. The average molecular weight is 256 g/mol. The molecular formula is C10H10ClN3O3. The van der Waals surface area contributed by atoms with Gasteiger partial charge in [-0.2, -0.15) is 5.10 Å². The molecule has 0 amide bonds. The van der Waals surface area contributed by atoms with Gasteiger partial charge < -0.3 is 10.2 Å². The van der Waals surface area contributed by atoms with Crippen LogP contribution in [0.3, 0.4) is 0 Å². The van der Waals surface area contributed by atoms with Gasteiger partial charge in [0.1, 0.15) is 0 Å². The van der Waals surface area contributed by atoms with Crippen molar-refractivity contribution < 1.29 is 15.0 Å². The second kappa shape index (κ2) is 4.31. The number of pyridine rings is 1. The van der Waals surface area contributed by atoms with Crippen LogP contribution < -0.4 is 0 Å². The average Bonchev–Trinajstić information content (AvgIpc) is 2.57. The summed E-state index contributed by atoms with van der Waals surface area (Å²) in [6, 6.07) is 0. The minimum absolute atomic E-state index is 0.0502. The molecule has 0 saturated heterocycles. The van der Waals surface area contributed by atoms with Gasteiger partial charge in [-0.3, -0.25) is 0 Å². The highest BCUT2D eigenvalue weighted by Crippen LogP contribution is 2.28. The van der Waals surface area contributed by atoms with Crippen LogP contribution in [0.1, 0.15) is 16.1 Å². The Morgan fingerprint density at radius 3 is 2.88 bits per heavy atom. The fraction of sp³-hybridized carbons (Fsp3) is 0.300. The van der Waals surface area contributed by atoms with Gasteiger partial charge in [-0.15, -0.1) is 0 Å². The summed E-state index contributed by atoms with van der Waals surface area (Å²) in [7, 11) is 0. The molecular weight excluding hydrogens is 246 g/mol. The SMILES string of the molecule is Cc1nn(CCO)c2ncc(C(=O)O)c(Cl)c12. The summed E-state index contributed by atoms with van der Waals surface area (Å²) in [5.74, 6) is -1.13. The predicted octanol–water partition coefficient (Wildman–Crippen LogP) is 1.08. The van der Waals surface area contributed by atoms with Gasteiger partial charge in [0.25, 0.3) is 0 Å². The minimum atomic E-state index is -1.13. The van der Waals surface area contributed by atoms with Crippen molar-refractivity contribution in [3.8, 4) is 0 Å². The van der Waals surface area contributed by atoms with Crippen molar-refractivity contribution in [3.05, 3.63) is 22.5 Å². The van der Waals surface area contributed by atoms with Crippen LogP contribution in [0.4, 0.5) is 0 Å². The van der Waals surface area contributed by atoms with Gasteiger partial charge in [-0.25, -0.2) is 14.5 Å². The quantitative estimate of drug-likeness (QED) is 0.857. The van der Waals surface area contributed by atoms with E-state index in [9.17, 15) is 4.79 Å². The number of hydrogen-bond acceptors (Lipinski definition) is 4. The lowest BCUT2D eigenvalue weighted by molar-refractivity contribution is 0.0697. The molecule has 0 aromatic carbocycles. The van der Waals surface area contributed by atoms with Crippen molar-refractivity contribution in [1.29, 1.82) is 0 Å². The van der Waals surface area contributed by atoms with E-state index in [1.807, 2.05) is 0 Å². The number of aliphatic hydroxyl groups is 1. The Bertz CT molecular complexity index is 594. The summed E-state index contributed by atoms with van der Waals surface area (Å²) < 4.78 is 1.50. The molecule has 0 radical (unpaired) electrons. The molecule has 7 heteroatoms. The summed E-state index contributed by atoms with van der Waals surface area (Å²) in [5, 5.41) is 22.6. The van der Waals surface area contributed by atoms with Gasteiger partial charge >= 0.3 is 5.97 Å². The molecule has 0 spiro atoms. The number of nitrogens with zero attached hydrogens (tertiary/aromatic N) is 3. The molecule has 2 aromatic heterocycles. The van der Waals surface area contributed by atoms with Gasteiger partial charge in [0.05, 0.1) is 34.8 Å². The predicted molar refractivity (Wildman–Crippen MR) is 61.3 cm³/mol. The number of aryl methyl sites for hydroxylation is 1. The number of halogens is 1. The smallest absolute Gasteiger partial charge is 0.338 e. The van der Waals surface area contributed by atoms with Crippen molar-refractivity contribution in [2.45, 2.75) is 13.5 Å². The zero-order valence-electron chi connectivity index (χ0n) is 9.01. The number of fused-ring (bicyclic) bond motifs is 1. The van der Waals surface area contributed by atoms with Crippen LogP contribution in [0.2, 0.25) is 5.02 Å². The molecule has 0 saturated carbocycles. The van der Waals surface area contributed by atoms with Crippen molar-refractivity contribution in [2.75, 3.05) is 6.61 Å². The van der Waals surface area contributed by atoms with Crippen LogP contribution in [-0.2, 0) is 6.54 Å². The molecule has 2 N–H and O–H groups in total. The molecule has 0 aliphatic carbocycles. The third kappa shape index (κ3) is 1.85. The highest BCUT2D eigenvalue weighted by Gasteiger charge is 2.18. The van der Waals surface area contributed by atoms with E-state index in [-0.39, 0.29) is 17.2 Å². The van der Waals surface area contributed by atoms with Crippen LogP contribution in [0.5, 0.6) is 0 Å². The molecule has 0 bridgehead atoms. The minimum Gasteiger partial charge on any atom is -0.478 e. The molecule has 6 nitrogen and oxygen atoms in total. The van der Waals surface area contributed by atoms with Crippen molar-refractivity contribution in [3.63, 3.8) is 0 Å². The summed E-state index contributed by atoms with van der Waals surface area (Å²) in [4.78, 5) is 14.9. The summed E-state index contributed by atoms with van der Waals surface area (Å²) in [6.07, 6.45) is 1.20. The zero-order chi connectivity index (χ0) is 12.6. The monoisotopic (exact) mass is 255 g/mol. The standard InChI is InChI=1S/C10H10ClN3O3/c1-5-7-8(11)6(10(16)17)4-12-9(7)14(13-5)2-3-15/h4,15H,2-3H2,1H3,(H,16,17). The Morgan fingerprint density at radius 2 is 2.29 bits per heavy atom. The van der Waals surface area contributed by atoms with E-state index in [0.29, 0.717) is 23.3 Å². The maximum atomic E-state index is 10.9. The van der Waals surface area contributed by atoms with Crippen LogP contribution in [0.15, 0.2) is 6.20 Å². The van der Waals surface area contributed by atoms with E-state index in [1.54, 1.807) is 6.92 Å². The number of aliphatic hydroxyl groups excluding tert-OH is 1. The Balaban J connectivity index is 2.74. The molecule has 0 atom stereocenters. The third-order valence-corrected chi connectivity index (χ3v) is 2.81. The Morgan fingerprint density at radius 1 is 1.59 bits per heavy atom. The van der Waals surface area contributed by atoms with Crippen molar-refractivity contribution in [1.82, 2.24) is 14.8 Å². The fourth-order valence-electron chi connectivity index (χ4n) is 1.67. The molecule has 0 fully saturated rings. The number of carboxylic acid groups (broad SMARTS) is 1. The van der Waals surface area contributed by atoms with E-state index in [1.165, 1.54) is 10.9 Å². The molecule has 0 aliphatic rings. The lowest BCUT2D eigenvalue weighted by atomic mass is 10.2. The number of hydrogen-bond donors (Lipinski definition) is 2. The third-order valence-electron chi connectivity index (χ3n) is 2.41. The van der Waals surface area contributed by atoms with Gasteiger partial charge in [-0.1, -0.05) is 11.6 Å². The first-order chi connectivity index (χ1) is 8.06. The fourth-order valence-corrected chi connectivity index (χ4v) is 2.03. The Hall–Kier alpha value is -1.66. The van der Waals surface area contributed by atoms with E-state index in [2.05, 4.69) is 10.1 Å². The lowest BCUT2D eigenvalue weighted by Gasteiger charge is -2.02. The molecule has 2 heterocycles. The van der Waals surface area contributed by atoms with Crippen LogP contribution in [-0.4, -0.2) is 37.6 Å². The van der Waals surface area contributed by atoms with Crippen LogP contribution in [0.25, 0.3) is 11.0 Å². The number of carboxylic acids is 1. The summed E-state index contributed by atoms with van der Waals surface area (Å²) in [5.41, 5.74) is 1.02. The maximum absolute atomic E-state index is 10.9.